The second kappa shape index (κ2) is 10.0. The van der Waals surface area contributed by atoms with Gasteiger partial charge in [0.15, 0.2) is 5.60 Å². The number of anilines is 2. The minimum atomic E-state index is -1.40. The highest BCUT2D eigenvalue weighted by molar-refractivity contribution is 6.02. The van der Waals surface area contributed by atoms with E-state index in [9.17, 15) is 19.2 Å². The highest BCUT2D eigenvalue weighted by atomic mass is 16.7. The number of aryl methyl sites for hydroxylation is 1. The van der Waals surface area contributed by atoms with E-state index in [1.54, 1.807) is 19.1 Å². The average Bonchev–Trinajstić information content (AvgIpc) is 3.24. The third-order valence-corrected chi connectivity index (χ3v) is 7.19. The van der Waals surface area contributed by atoms with Gasteiger partial charge in [0, 0.05) is 81.2 Å². The maximum Gasteiger partial charge on any atom is 0.363 e. The largest absolute Gasteiger partial charge is 0.456 e. The average molecular weight is 544 g/mol. The molecule has 206 valence electrons. The van der Waals surface area contributed by atoms with Gasteiger partial charge in [0.1, 0.15) is 11.5 Å². The summed E-state index contributed by atoms with van der Waals surface area (Å²) in [6, 6.07) is 16.1. The summed E-state index contributed by atoms with van der Waals surface area (Å²) in [5.74, 6) is -0.928. The zero-order valence-electron chi connectivity index (χ0n) is 22.9. The predicted octanol–water partition coefficient (Wildman–Crippen LogP) is 3.92. The van der Waals surface area contributed by atoms with Gasteiger partial charge >= 0.3 is 5.97 Å². The van der Waals surface area contributed by atoms with Crippen LogP contribution in [-0.4, -0.2) is 57.5 Å². The van der Waals surface area contributed by atoms with Crippen molar-refractivity contribution in [2.75, 3.05) is 38.0 Å². The lowest BCUT2D eigenvalue weighted by atomic mass is 9.75. The van der Waals surface area contributed by atoms with Gasteiger partial charge in [-0.05, 0) is 48.9 Å². The molecule has 0 N–H and O–H groups in total. The number of hydroxylamine groups is 2. The van der Waals surface area contributed by atoms with Crippen LogP contribution in [0, 0.1) is 6.92 Å². The van der Waals surface area contributed by atoms with Gasteiger partial charge in [-0.3, -0.25) is 14.4 Å². The summed E-state index contributed by atoms with van der Waals surface area (Å²) >= 11 is 0. The minimum absolute atomic E-state index is 0.00158. The van der Waals surface area contributed by atoms with E-state index in [0.717, 1.165) is 11.4 Å². The Morgan fingerprint density at radius 1 is 0.850 bits per heavy atom. The van der Waals surface area contributed by atoms with Crippen LogP contribution >= 0.6 is 0 Å². The Balaban J connectivity index is 1.66. The normalized spacial score (nSPS) is 15.1. The number of rotatable bonds is 7. The van der Waals surface area contributed by atoms with Crippen molar-refractivity contribution < 1.29 is 33.5 Å². The lowest BCUT2D eigenvalue weighted by molar-refractivity contribution is -0.172. The van der Waals surface area contributed by atoms with E-state index in [1.807, 2.05) is 74.4 Å². The van der Waals surface area contributed by atoms with E-state index in [1.165, 1.54) is 6.07 Å². The van der Waals surface area contributed by atoms with Crippen molar-refractivity contribution in [2.24, 2.45) is 0 Å². The fourth-order valence-corrected chi connectivity index (χ4v) is 5.12. The maximum atomic E-state index is 12.9. The second-order valence-corrected chi connectivity index (χ2v) is 10.1. The number of carbonyl (C=O) groups is 4. The van der Waals surface area contributed by atoms with E-state index in [0.29, 0.717) is 45.3 Å². The van der Waals surface area contributed by atoms with Crippen molar-refractivity contribution in [3.8, 4) is 11.5 Å². The monoisotopic (exact) mass is 543 g/mol. The van der Waals surface area contributed by atoms with Gasteiger partial charge in [0.25, 0.3) is 18.3 Å². The van der Waals surface area contributed by atoms with Crippen LogP contribution in [0.2, 0.25) is 0 Å². The number of hydrogen-bond acceptors (Lipinski definition) is 9. The number of hydrogen-bond donors (Lipinski definition) is 0. The molecule has 5 rings (SSSR count). The van der Waals surface area contributed by atoms with Crippen LogP contribution in [-0.2, 0) is 29.6 Å². The molecule has 2 amide bonds. The summed E-state index contributed by atoms with van der Waals surface area (Å²) in [4.78, 5) is 57.8. The Hall–Kier alpha value is -4.86. The molecule has 10 heteroatoms. The molecule has 2 aliphatic rings. The number of fused-ring (bicyclic) bond motifs is 2. The Kier molecular flexibility index (Phi) is 6.70. The van der Waals surface area contributed by atoms with Crippen molar-refractivity contribution in [1.82, 2.24) is 5.06 Å². The molecule has 0 unspecified atom stereocenters. The van der Waals surface area contributed by atoms with Crippen molar-refractivity contribution >= 4 is 35.6 Å². The summed E-state index contributed by atoms with van der Waals surface area (Å²) in [5.41, 5.74) is 2.97. The molecule has 0 aliphatic carbocycles. The summed E-state index contributed by atoms with van der Waals surface area (Å²) < 4.78 is 12.4. The smallest absolute Gasteiger partial charge is 0.363 e. The van der Waals surface area contributed by atoms with Crippen LogP contribution in [0.4, 0.5) is 11.4 Å². The highest BCUT2D eigenvalue weighted by Gasteiger charge is 2.47. The van der Waals surface area contributed by atoms with E-state index in [-0.39, 0.29) is 18.4 Å². The third-order valence-electron chi connectivity index (χ3n) is 7.19. The standard InChI is InChI=1S/C30H29N3O7/c1-18-14-19(29(37)40-33-27(35)12-13-28(33)36)6-9-22(18)30(38-17-34)23-10-7-20(31(2)3)15-25(23)39-26-16-21(32(4)5)8-11-24(26)30/h6-11,14-17H,12-13H2,1-5H3. The third kappa shape index (κ3) is 4.31. The van der Waals surface area contributed by atoms with Crippen LogP contribution in [0.1, 0.15) is 45.5 Å². The Morgan fingerprint density at radius 3 is 1.85 bits per heavy atom. The van der Waals surface area contributed by atoms with Gasteiger partial charge in [-0.1, -0.05) is 6.07 Å². The van der Waals surface area contributed by atoms with Crippen LogP contribution < -0.4 is 14.5 Å². The zero-order chi connectivity index (χ0) is 28.8. The molecule has 0 radical (unpaired) electrons. The fourth-order valence-electron chi connectivity index (χ4n) is 5.12. The summed E-state index contributed by atoms with van der Waals surface area (Å²) in [5, 5.41) is 0.512. The molecule has 0 saturated carbocycles. The molecular formula is C30H29N3O7. The summed E-state index contributed by atoms with van der Waals surface area (Å²) in [7, 11) is 7.68. The molecule has 3 aromatic carbocycles. The predicted molar refractivity (Wildman–Crippen MR) is 146 cm³/mol. The molecule has 2 aliphatic heterocycles. The lowest BCUT2D eigenvalue weighted by Gasteiger charge is -2.40. The Morgan fingerprint density at radius 2 is 1.38 bits per heavy atom. The topological polar surface area (TPSA) is 106 Å². The number of nitrogens with zero attached hydrogens (tertiary/aromatic N) is 3. The number of ether oxygens (including phenoxy) is 2. The van der Waals surface area contributed by atoms with Gasteiger partial charge < -0.3 is 24.1 Å². The van der Waals surface area contributed by atoms with Gasteiger partial charge in [-0.25, -0.2) is 4.79 Å². The van der Waals surface area contributed by atoms with Crippen molar-refractivity contribution in [3.63, 3.8) is 0 Å². The molecular weight excluding hydrogens is 514 g/mol. The van der Waals surface area contributed by atoms with E-state index in [2.05, 4.69) is 0 Å². The first-order chi connectivity index (χ1) is 19.1. The summed E-state index contributed by atoms with van der Waals surface area (Å²) in [6.07, 6.45) is 0.00317. The van der Waals surface area contributed by atoms with Gasteiger partial charge in [0.2, 0.25) is 0 Å². The van der Waals surface area contributed by atoms with Crippen LogP contribution in [0.15, 0.2) is 54.6 Å². The quantitative estimate of drug-likeness (QED) is 0.324. The summed E-state index contributed by atoms with van der Waals surface area (Å²) in [6.45, 7) is 2.19. The molecule has 0 atom stereocenters. The Bertz CT molecular complexity index is 1470. The van der Waals surface area contributed by atoms with E-state index in [4.69, 9.17) is 14.3 Å². The molecule has 1 fully saturated rings. The van der Waals surface area contributed by atoms with E-state index < -0.39 is 23.4 Å². The number of amides is 2. The van der Waals surface area contributed by atoms with Gasteiger partial charge in [-0.15, -0.1) is 5.06 Å². The van der Waals surface area contributed by atoms with Crippen LogP contribution in [0.25, 0.3) is 0 Å². The first-order valence-electron chi connectivity index (χ1n) is 12.7. The lowest BCUT2D eigenvalue weighted by Crippen LogP contribution is -2.36. The van der Waals surface area contributed by atoms with E-state index >= 15 is 0 Å². The molecule has 10 nitrogen and oxygen atoms in total. The molecule has 40 heavy (non-hydrogen) atoms. The number of benzene rings is 3. The van der Waals surface area contributed by atoms with Crippen LogP contribution in [0.3, 0.4) is 0 Å². The molecule has 1 saturated heterocycles. The molecule has 0 aromatic heterocycles. The molecule has 2 heterocycles. The minimum Gasteiger partial charge on any atom is -0.456 e. The fraction of sp³-hybridized carbons (Fsp3) is 0.267. The van der Waals surface area contributed by atoms with Gasteiger partial charge in [0.05, 0.1) is 5.56 Å². The second-order valence-electron chi connectivity index (χ2n) is 10.1. The van der Waals surface area contributed by atoms with Crippen LogP contribution in [0.5, 0.6) is 11.5 Å². The first-order valence-corrected chi connectivity index (χ1v) is 12.7. The maximum absolute atomic E-state index is 12.9. The molecule has 0 bridgehead atoms. The molecule has 3 aromatic rings. The van der Waals surface area contributed by atoms with Crippen molar-refractivity contribution in [1.29, 1.82) is 0 Å². The van der Waals surface area contributed by atoms with Gasteiger partial charge in [-0.2, -0.15) is 0 Å². The van der Waals surface area contributed by atoms with Crippen molar-refractivity contribution in [2.45, 2.75) is 25.4 Å². The van der Waals surface area contributed by atoms with Crippen molar-refractivity contribution in [3.05, 3.63) is 82.4 Å². The Labute approximate surface area is 231 Å². The zero-order valence-corrected chi connectivity index (χ0v) is 22.9. The number of imide groups is 1. The SMILES string of the molecule is Cc1cc(C(=O)ON2C(=O)CCC2=O)ccc1C1(OC=O)c2ccc(N(C)C)cc2Oc2cc(N(C)C)ccc21. The molecule has 0 spiro atoms. The highest BCUT2D eigenvalue weighted by Crippen LogP contribution is 2.54. The first kappa shape index (κ1) is 26.7. The number of carbonyl (C=O) groups excluding carboxylic acids is 4.